The molecule has 17 heavy (non-hydrogen) atoms. The van der Waals surface area contributed by atoms with Crippen LogP contribution in [0.4, 0.5) is 4.79 Å². The molecule has 0 aliphatic carbocycles. The predicted molar refractivity (Wildman–Crippen MR) is 67.8 cm³/mol. The Morgan fingerprint density at radius 3 is 2.18 bits per heavy atom. The summed E-state index contributed by atoms with van der Waals surface area (Å²) in [6.45, 7) is 10.4. The molecule has 0 saturated heterocycles. The van der Waals surface area contributed by atoms with Crippen molar-refractivity contribution in [1.29, 1.82) is 0 Å². The van der Waals surface area contributed by atoms with Crippen molar-refractivity contribution in [3.63, 3.8) is 0 Å². The fraction of sp³-hybridized carbons (Fsp3) is 0.900. The third-order valence-electron chi connectivity index (χ3n) is 3.06. The lowest BCUT2D eigenvalue weighted by Gasteiger charge is -2.37. The van der Waals surface area contributed by atoms with Crippen molar-refractivity contribution < 1.29 is 19.1 Å². The molecular formula is C10H24N2O4Si. The van der Waals surface area contributed by atoms with Crippen LogP contribution < -0.4 is 11.5 Å². The van der Waals surface area contributed by atoms with Gasteiger partial charge < -0.3 is 25.7 Å². The van der Waals surface area contributed by atoms with E-state index in [1.807, 2.05) is 0 Å². The van der Waals surface area contributed by atoms with Gasteiger partial charge in [0.05, 0.1) is 6.61 Å². The molecule has 0 rings (SSSR count). The maximum atomic E-state index is 10.6. The molecule has 102 valence electrons. The summed E-state index contributed by atoms with van der Waals surface area (Å²) in [5, 5.41) is 9.27. The van der Waals surface area contributed by atoms with E-state index in [9.17, 15) is 9.90 Å². The van der Waals surface area contributed by atoms with Gasteiger partial charge in [-0.3, -0.25) is 0 Å². The third kappa shape index (κ3) is 5.49. The van der Waals surface area contributed by atoms with Crippen molar-refractivity contribution in [2.75, 3.05) is 6.61 Å². The van der Waals surface area contributed by atoms with Crippen LogP contribution >= 0.6 is 0 Å². The van der Waals surface area contributed by atoms with Crippen LogP contribution in [0.25, 0.3) is 0 Å². The summed E-state index contributed by atoms with van der Waals surface area (Å²) in [6, 6.07) is 0. The highest BCUT2D eigenvalue weighted by atomic mass is 28.4. The average Bonchev–Trinajstić information content (AvgIpc) is 2.09. The molecule has 0 aromatic rings. The van der Waals surface area contributed by atoms with Crippen LogP contribution in [0.15, 0.2) is 0 Å². The quantitative estimate of drug-likeness (QED) is 0.501. The molecule has 0 unspecified atom stereocenters. The third-order valence-corrected chi connectivity index (χ3v) is 7.56. The number of hydrogen-bond acceptors (Lipinski definition) is 5. The summed E-state index contributed by atoms with van der Waals surface area (Å²) in [6.07, 6.45) is -3.20. The maximum Gasteiger partial charge on any atom is 0.404 e. The Balaban J connectivity index is 4.45. The van der Waals surface area contributed by atoms with Gasteiger partial charge >= 0.3 is 6.09 Å². The van der Waals surface area contributed by atoms with E-state index in [4.69, 9.17) is 15.9 Å². The number of rotatable bonds is 5. The van der Waals surface area contributed by atoms with Gasteiger partial charge in [0, 0.05) is 0 Å². The highest BCUT2D eigenvalue weighted by Gasteiger charge is 2.38. The van der Waals surface area contributed by atoms with Gasteiger partial charge in [-0.05, 0) is 18.1 Å². The largest absolute Gasteiger partial charge is 0.440 e. The number of carbonyl (C=O) groups excluding carboxylic acids is 1. The molecule has 0 spiro atoms. The SMILES string of the molecule is CC(C)(C)[Si](C)(C)OC[C@H](OC(N)=O)[C@@H](N)O. The molecule has 0 aromatic heterocycles. The summed E-state index contributed by atoms with van der Waals surface area (Å²) >= 11 is 0. The molecule has 0 aromatic carbocycles. The standard InChI is InChI=1S/C10H24N2O4Si/c1-10(2,3)17(4,5)15-6-7(8(11)13)16-9(12)14/h7-8,13H,6,11H2,1-5H3,(H2,12,14)/t7-,8-/m0/s1. The first-order valence-corrected chi connectivity index (χ1v) is 8.42. The van der Waals surface area contributed by atoms with Crippen LogP contribution in [0.2, 0.25) is 18.1 Å². The zero-order valence-electron chi connectivity index (χ0n) is 11.2. The van der Waals surface area contributed by atoms with Gasteiger partial charge in [0.25, 0.3) is 0 Å². The van der Waals surface area contributed by atoms with Crippen LogP contribution in [-0.2, 0) is 9.16 Å². The van der Waals surface area contributed by atoms with E-state index in [1.165, 1.54) is 0 Å². The molecule has 0 bridgehead atoms. The van der Waals surface area contributed by atoms with Crippen molar-refractivity contribution in [3.05, 3.63) is 0 Å². The lowest BCUT2D eigenvalue weighted by atomic mass is 10.2. The number of amides is 1. The molecule has 0 saturated carbocycles. The molecule has 0 fully saturated rings. The topological polar surface area (TPSA) is 108 Å². The Kier molecular flexibility index (Phi) is 5.59. The highest BCUT2D eigenvalue weighted by Crippen LogP contribution is 2.36. The second kappa shape index (κ2) is 5.81. The number of primary amides is 1. The van der Waals surface area contributed by atoms with Crippen molar-refractivity contribution in [2.24, 2.45) is 11.5 Å². The van der Waals surface area contributed by atoms with Crippen LogP contribution in [-0.4, -0.2) is 38.5 Å². The Bertz CT molecular complexity index is 264. The number of aliphatic hydroxyl groups excluding tert-OH is 1. The Morgan fingerprint density at radius 1 is 1.41 bits per heavy atom. The van der Waals surface area contributed by atoms with Crippen LogP contribution in [0.5, 0.6) is 0 Å². The van der Waals surface area contributed by atoms with Gasteiger partial charge in [0.2, 0.25) is 0 Å². The highest BCUT2D eigenvalue weighted by molar-refractivity contribution is 6.74. The Morgan fingerprint density at radius 2 is 1.88 bits per heavy atom. The van der Waals surface area contributed by atoms with E-state index in [2.05, 4.69) is 38.6 Å². The normalized spacial score (nSPS) is 16.4. The van der Waals surface area contributed by atoms with E-state index in [-0.39, 0.29) is 11.6 Å². The lowest BCUT2D eigenvalue weighted by molar-refractivity contribution is -0.0169. The monoisotopic (exact) mass is 264 g/mol. The molecule has 0 radical (unpaired) electrons. The van der Waals surface area contributed by atoms with Gasteiger partial charge in [-0.1, -0.05) is 20.8 Å². The number of nitrogens with two attached hydrogens (primary N) is 2. The minimum Gasteiger partial charge on any atom is -0.440 e. The van der Waals surface area contributed by atoms with E-state index >= 15 is 0 Å². The van der Waals surface area contributed by atoms with Crippen LogP contribution in [0.1, 0.15) is 20.8 Å². The first kappa shape index (κ1) is 16.4. The lowest BCUT2D eigenvalue weighted by Crippen LogP contribution is -2.48. The first-order valence-electron chi connectivity index (χ1n) is 5.51. The molecule has 1 amide bonds. The number of hydrogen-bond donors (Lipinski definition) is 3. The summed E-state index contributed by atoms with van der Waals surface area (Å²) in [4.78, 5) is 10.6. The zero-order chi connectivity index (χ0) is 13.9. The second-order valence-electron chi connectivity index (χ2n) is 5.54. The van der Waals surface area contributed by atoms with Gasteiger partial charge in [0.1, 0.15) is 6.23 Å². The van der Waals surface area contributed by atoms with Crippen LogP contribution in [0.3, 0.4) is 0 Å². The van der Waals surface area contributed by atoms with Gasteiger partial charge in [0.15, 0.2) is 14.4 Å². The van der Waals surface area contributed by atoms with Gasteiger partial charge in [-0.15, -0.1) is 0 Å². The summed E-state index contributed by atoms with van der Waals surface area (Å²) in [7, 11) is -1.96. The fourth-order valence-corrected chi connectivity index (χ4v) is 1.87. The predicted octanol–water partition coefficient (Wildman–Crippen LogP) is 0.749. The number of carbonyl (C=O) groups is 1. The van der Waals surface area contributed by atoms with Crippen molar-refractivity contribution in [1.82, 2.24) is 0 Å². The summed E-state index contributed by atoms with van der Waals surface area (Å²) < 4.78 is 10.5. The van der Waals surface area contributed by atoms with Crippen molar-refractivity contribution in [3.8, 4) is 0 Å². The second-order valence-corrected chi connectivity index (χ2v) is 10.3. The van der Waals surface area contributed by atoms with E-state index in [0.717, 1.165) is 0 Å². The van der Waals surface area contributed by atoms with Crippen molar-refractivity contribution in [2.45, 2.75) is 51.2 Å². The Labute approximate surface area is 103 Å². The molecule has 0 aliphatic heterocycles. The molecule has 2 atom stereocenters. The smallest absolute Gasteiger partial charge is 0.404 e. The molecule has 0 heterocycles. The molecule has 5 N–H and O–H groups in total. The van der Waals surface area contributed by atoms with E-state index < -0.39 is 26.7 Å². The molecule has 6 nitrogen and oxygen atoms in total. The molecule has 7 heteroatoms. The van der Waals surface area contributed by atoms with E-state index in [0.29, 0.717) is 0 Å². The maximum absolute atomic E-state index is 10.6. The zero-order valence-corrected chi connectivity index (χ0v) is 12.2. The minimum atomic E-state index is -1.96. The summed E-state index contributed by atoms with van der Waals surface area (Å²) in [5.41, 5.74) is 10.2. The van der Waals surface area contributed by atoms with Gasteiger partial charge in [-0.2, -0.15) is 0 Å². The van der Waals surface area contributed by atoms with E-state index in [1.54, 1.807) is 0 Å². The molecular weight excluding hydrogens is 240 g/mol. The number of aliphatic hydroxyl groups is 1. The number of ether oxygens (including phenoxy) is 1. The van der Waals surface area contributed by atoms with Crippen LogP contribution in [0, 0.1) is 0 Å². The average molecular weight is 264 g/mol. The van der Waals surface area contributed by atoms with Crippen molar-refractivity contribution >= 4 is 14.4 Å². The van der Waals surface area contributed by atoms with Gasteiger partial charge in [-0.25, -0.2) is 4.79 Å². The minimum absolute atomic E-state index is 0.0316. The first-order chi connectivity index (χ1) is 7.47. The fourth-order valence-electron chi connectivity index (χ4n) is 0.858. The molecule has 0 aliphatic rings. The Hall–Kier alpha value is -0.633. The summed E-state index contributed by atoms with van der Waals surface area (Å²) in [5.74, 6) is 0.